The van der Waals surface area contributed by atoms with Crippen LogP contribution in [0.15, 0.2) is 47.1 Å². The predicted octanol–water partition coefficient (Wildman–Crippen LogP) is 4.16. The second kappa shape index (κ2) is 6.03. The number of benzene rings is 1. The van der Waals surface area contributed by atoms with Crippen LogP contribution in [0.1, 0.15) is 11.1 Å². The van der Waals surface area contributed by atoms with Crippen LogP contribution in [-0.2, 0) is 12.5 Å². The van der Waals surface area contributed by atoms with Crippen LogP contribution in [0.4, 0.5) is 0 Å². The molecule has 0 amide bonds. The van der Waals surface area contributed by atoms with Gasteiger partial charge >= 0.3 is 0 Å². The van der Waals surface area contributed by atoms with E-state index in [1.807, 2.05) is 36.4 Å². The van der Waals surface area contributed by atoms with Gasteiger partial charge in [0.05, 0.1) is 5.88 Å². The van der Waals surface area contributed by atoms with Gasteiger partial charge in [0.1, 0.15) is 6.61 Å². The van der Waals surface area contributed by atoms with E-state index in [9.17, 15) is 0 Å². The number of pyridine rings is 1. The Hall–Kier alpha value is -1.06. The molecule has 0 aliphatic heterocycles. The molecule has 0 aliphatic carbocycles. The molecule has 0 saturated heterocycles. The minimum Gasteiger partial charge on any atom is -0.473 e. The maximum absolute atomic E-state index is 5.84. The molecule has 2 rings (SSSR count). The minimum atomic E-state index is 0.385. The van der Waals surface area contributed by atoms with E-state index < -0.39 is 0 Å². The maximum Gasteiger partial charge on any atom is 0.218 e. The second-order valence-electron chi connectivity index (χ2n) is 3.53. The third-order valence-corrected chi connectivity index (χ3v) is 2.98. The van der Waals surface area contributed by atoms with Crippen LogP contribution in [-0.4, -0.2) is 4.98 Å². The Labute approximate surface area is 114 Å². The van der Waals surface area contributed by atoms with Crippen LogP contribution in [0.2, 0.25) is 0 Å². The summed E-state index contributed by atoms with van der Waals surface area (Å²) in [5.41, 5.74) is 2.00. The van der Waals surface area contributed by atoms with Crippen molar-refractivity contribution in [2.24, 2.45) is 0 Å². The van der Waals surface area contributed by atoms with E-state index in [4.69, 9.17) is 16.3 Å². The number of rotatable bonds is 4. The van der Waals surface area contributed by atoms with Gasteiger partial charge in [-0.2, -0.15) is 0 Å². The van der Waals surface area contributed by atoms with Crippen molar-refractivity contribution in [3.8, 4) is 5.88 Å². The van der Waals surface area contributed by atoms with Gasteiger partial charge in [-0.25, -0.2) is 4.98 Å². The Balaban J connectivity index is 2.09. The Kier molecular flexibility index (Phi) is 4.40. The van der Waals surface area contributed by atoms with Gasteiger partial charge in [0, 0.05) is 16.2 Å². The monoisotopic (exact) mass is 311 g/mol. The highest BCUT2D eigenvalue weighted by Gasteiger charge is 2.05. The highest BCUT2D eigenvalue weighted by atomic mass is 79.9. The van der Waals surface area contributed by atoms with E-state index in [2.05, 4.69) is 20.9 Å². The molecule has 0 saturated carbocycles. The van der Waals surface area contributed by atoms with Gasteiger partial charge in [0.25, 0.3) is 0 Å². The number of ether oxygens (including phenoxy) is 1. The normalized spacial score (nSPS) is 10.2. The van der Waals surface area contributed by atoms with Crippen LogP contribution in [0, 0.1) is 0 Å². The van der Waals surface area contributed by atoms with E-state index in [1.165, 1.54) is 0 Å². The van der Waals surface area contributed by atoms with E-state index in [1.54, 1.807) is 6.20 Å². The summed E-state index contributed by atoms with van der Waals surface area (Å²) in [5.74, 6) is 0.975. The minimum absolute atomic E-state index is 0.385. The molecule has 0 spiro atoms. The first kappa shape index (κ1) is 12.4. The van der Waals surface area contributed by atoms with Crippen LogP contribution in [0.5, 0.6) is 5.88 Å². The molecule has 0 unspecified atom stereocenters. The average molecular weight is 313 g/mol. The summed E-state index contributed by atoms with van der Waals surface area (Å²) >= 11 is 9.20. The summed E-state index contributed by atoms with van der Waals surface area (Å²) < 4.78 is 6.56. The summed E-state index contributed by atoms with van der Waals surface area (Å²) in [6.45, 7) is 0.499. The second-order valence-corrected chi connectivity index (χ2v) is 4.71. The molecule has 0 N–H and O–H groups in total. The van der Waals surface area contributed by atoms with Gasteiger partial charge in [0.2, 0.25) is 5.88 Å². The summed E-state index contributed by atoms with van der Waals surface area (Å²) in [7, 11) is 0. The third-order valence-electron chi connectivity index (χ3n) is 2.25. The van der Waals surface area contributed by atoms with Crippen LogP contribution >= 0.6 is 27.5 Å². The Morgan fingerprint density at radius 3 is 2.71 bits per heavy atom. The lowest BCUT2D eigenvalue weighted by Gasteiger charge is -2.09. The first-order chi connectivity index (χ1) is 8.29. The van der Waals surface area contributed by atoms with Crippen molar-refractivity contribution in [1.82, 2.24) is 4.98 Å². The number of aromatic nitrogens is 1. The van der Waals surface area contributed by atoms with Gasteiger partial charge in [-0.15, -0.1) is 11.6 Å². The quantitative estimate of drug-likeness (QED) is 0.791. The van der Waals surface area contributed by atoms with Gasteiger partial charge in [0.15, 0.2) is 0 Å². The summed E-state index contributed by atoms with van der Waals surface area (Å²) in [4.78, 5) is 4.21. The first-order valence-electron chi connectivity index (χ1n) is 5.16. The summed E-state index contributed by atoms with van der Waals surface area (Å²) in [5, 5.41) is 0. The zero-order chi connectivity index (χ0) is 12.1. The molecule has 2 aromatic rings. The topological polar surface area (TPSA) is 22.1 Å². The van der Waals surface area contributed by atoms with Crippen molar-refractivity contribution in [2.45, 2.75) is 12.5 Å². The number of hydrogen-bond acceptors (Lipinski definition) is 2. The first-order valence-corrected chi connectivity index (χ1v) is 6.49. The fourth-order valence-electron chi connectivity index (χ4n) is 1.42. The van der Waals surface area contributed by atoms with Crippen molar-refractivity contribution >= 4 is 27.5 Å². The molecule has 0 atom stereocenters. The predicted molar refractivity (Wildman–Crippen MR) is 72.3 cm³/mol. The summed E-state index contributed by atoms with van der Waals surface area (Å²) in [6, 6.07) is 11.9. The van der Waals surface area contributed by atoms with Crippen LogP contribution < -0.4 is 4.74 Å². The lowest BCUT2D eigenvalue weighted by Crippen LogP contribution is -1.99. The Bertz CT molecular complexity index is 490. The largest absolute Gasteiger partial charge is 0.473 e. The molecule has 0 radical (unpaired) electrons. The standard InChI is InChI=1S/C13H11BrClNO/c14-12-6-11(7-15)13(16-8-12)17-9-10-4-2-1-3-5-10/h1-6,8H,7,9H2. The number of hydrogen-bond donors (Lipinski definition) is 0. The van der Waals surface area contributed by atoms with Crippen molar-refractivity contribution in [3.63, 3.8) is 0 Å². The molecule has 0 fully saturated rings. The van der Waals surface area contributed by atoms with Crippen molar-refractivity contribution < 1.29 is 4.74 Å². The smallest absolute Gasteiger partial charge is 0.218 e. The Morgan fingerprint density at radius 2 is 2.00 bits per heavy atom. The number of halogens is 2. The molecule has 1 aromatic carbocycles. The van der Waals surface area contributed by atoms with Crippen molar-refractivity contribution in [3.05, 3.63) is 58.2 Å². The molecule has 0 bridgehead atoms. The van der Waals surface area contributed by atoms with Crippen molar-refractivity contribution in [2.75, 3.05) is 0 Å². The molecular formula is C13H11BrClNO. The lowest BCUT2D eigenvalue weighted by atomic mass is 10.2. The van der Waals surface area contributed by atoms with Crippen LogP contribution in [0.25, 0.3) is 0 Å². The molecule has 17 heavy (non-hydrogen) atoms. The molecular weight excluding hydrogens is 302 g/mol. The van der Waals surface area contributed by atoms with Crippen LogP contribution in [0.3, 0.4) is 0 Å². The van der Waals surface area contributed by atoms with E-state index in [0.717, 1.165) is 15.6 Å². The van der Waals surface area contributed by atoms with Gasteiger partial charge in [-0.3, -0.25) is 0 Å². The highest BCUT2D eigenvalue weighted by molar-refractivity contribution is 9.10. The zero-order valence-corrected chi connectivity index (χ0v) is 11.4. The molecule has 88 valence electrons. The zero-order valence-electron chi connectivity index (χ0n) is 9.07. The fraction of sp³-hybridized carbons (Fsp3) is 0.154. The van der Waals surface area contributed by atoms with E-state index >= 15 is 0 Å². The van der Waals surface area contributed by atoms with Gasteiger partial charge < -0.3 is 4.74 Å². The van der Waals surface area contributed by atoms with Gasteiger partial charge in [-0.05, 0) is 27.6 Å². The van der Waals surface area contributed by atoms with Gasteiger partial charge in [-0.1, -0.05) is 30.3 Å². The lowest BCUT2D eigenvalue weighted by molar-refractivity contribution is 0.291. The SMILES string of the molecule is ClCc1cc(Br)cnc1OCc1ccccc1. The number of nitrogens with zero attached hydrogens (tertiary/aromatic N) is 1. The van der Waals surface area contributed by atoms with E-state index in [0.29, 0.717) is 18.4 Å². The fourth-order valence-corrected chi connectivity index (χ4v) is 1.99. The van der Waals surface area contributed by atoms with Crippen molar-refractivity contribution in [1.29, 1.82) is 0 Å². The molecule has 1 heterocycles. The molecule has 0 aliphatic rings. The molecule has 1 aromatic heterocycles. The summed E-state index contributed by atoms with van der Waals surface area (Å²) in [6.07, 6.45) is 1.70. The molecule has 4 heteroatoms. The third kappa shape index (κ3) is 3.45. The highest BCUT2D eigenvalue weighted by Crippen LogP contribution is 2.22. The molecule has 2 nitrogen and oxygen atoms in total. The maximum atomic E-state index is 5.84. The average Bonchev–Trinajstić information content (AvgIpc) is 2.38. The number of alkyl halides is 1. The Morgan fingerprint density at radius 1 is 1.24 bits per heavy atom. The van der Waals surface area contributed by atoms with E-state index in [-0.39, 0.29) is 0 Å².